The van der Waals surface area contributed by atoms with E-state index in [1.807, 2.05) is 6.20 Å². The molecule has 0 aromatic carbocycles. The molecule has 1 saturated carbocycles. The number of aliphatic hydroxyl groups excluding tert-OH is 1. The third-order valence-electron chi connectivity index (χ3n) is 5.07. The monoisotopic (exact) mass is 306 g/mol. The lowest BCUT2D eigenvalue weighted by atomic mass is 9.71. The Balaban J connectivity index is 1.53. The number of piperidine rings is 1. The van der Waals surface area contributed by atoms with Crippen LogP contribution in [0.2, 0.25) is 0 Å². The van der Waals surface area contributed by atoms with E-state index in [2.05, 4.69) is 20.8 Å². The molecule has 3 rings (SSSR count). The molecule has 2 aliphatic rings. The van der Waals surface area contributed by atoms with Gasteiger partial charge in [-0.15, -0.1) is 0 Å². The summed E-state index contributed by atoms with van der Waals surface area (Å²) in [5, 5.41) is 22.9. The van der Waals surface area contributed by atoms with Gasteiger partial charge in [-0.2, -0.15) is 5.10 Å². The van der Waals surface area contributed by atoms with E-state index in [4.69, 9.17) is 0 Å². The first-order valence-corrected chi connectivity index (χ1v) is 8.38. The van der Waals surface area contributed by atoms with Crippen molar-refractivity contribution < 1.29 is 9.90 Å². The molecule has 0 radical (unpaired) electrons. The molecule has 6 heteroatoms. The van der Waals surface area contributed by atoms with Crippen LogP contribution in [0.4, 0.5) is 0 Å². The molecule has 1 saturated heterocycles. The summed E-state index contributed by atoms with van der Waals surface area (Å²) in [4.78, 5) is 12.3. The Hall–Kier alpha value is -1.40. The van der Waals surface area contributed by atoms with Gasteiger partial charge in [0.2, 0.25) is 5.91 Å². The fourth-order valence-electron chi connectivity index (χ4n) is 3.68. The number of nitrogens with zero attached hydrogens (tertiary/aromatic N) is 1. The lowest BCUT2D eigenvalue weighted by Crippen LogP contribution is -2.52. The van der Waals surface area contributed by atoms with Crippen LogP contribution in [0, 0.1) is 11.8 Å². The average molecular weight is 306 g/mol. The first-order chi connectivity index (χ1) is 10.7. The summed E-state index contributed by atoms with van der Waals surface area (Å²) in [6, 6.07) is 0.224. The summed E-state index contributed by atoms with van der Waals surface area (Å²) < 4.78 is 0. The normalized spacial score (nSPS) is 27.1. The van der Waals surface area contributed by atoms with Crippen molar-refractivity contribution in [1.29, 1.82) is 0 Å². The number of nitrogens with one attached hydrogen (secondary N) is 3. The van der Waals surface area contributed by atoms with Gasteiger partial charge in [0.05, 0.1) is 12.3 Å². The van der Waals surface area contributed by atoms with Gasteiger partial charge in [0.25, 0.3) is 0 Å². The molecule has 1 aromatic rings. The number of aromatic amines is 1. The molecule has 1 aliphatic carbocycles. The predicted molar refractivity (Wildman–Crippen MR) is 83.2 cm³/mol. The standard InChI is InChI=1S/C16H26N4O2/c21-14-7-13(8-14)16(12-3-5-17-6-4-12)20-15(22)2-1-11-9-18-19-10-11/h9-10,12-14,16-17,21H,1-8H2,(H,18,19)(H,20,22)/t13?,14?,16-/m1/s1. The summed E-state index contributed by atoms with van der Waals surface area (Å²) >= 11 is 0. The molecule has 2 heterocycles. The van der Waals surface area contributed by atoms with Crippen LogP contribution in [0.15, 0.2) is 12.4 Å². The molecular formula is C16H26N4O2. The molecule has 0 unspecified atom stereocenters. The predicted octanol–water partition coefficient (Wildman–Crippen LogP) is 0.598. The molecular weight excluding hydrogens is 280 g/mol. The zero-order valence-corrected chi connectivity index (χ0v) is 12.9. The smallest absolute Gasteiger partial charge is 0.220 e. The Morgan fingerprint density at radius 2 is 2.14 bits per heavy atom. The van der Waals surface area contributed by atoms with Crippen molar-refractivity contribution in [3.63, 3.8) is 0 Å². The fraction of sp³-hybridized carbons (Fsp3) is 0.750. The van der Waals surface area contributed by atoms with Crippen molar-refractivity contribution in [1.82, 2.24) is 20.8 Å². The molecule has 0 spiro atoms. The van der Waals surface area contributed by atoms with E-state index in [-0.39, 0.29) is 18.1 Å². The van der Waals surface area contributed by atoms with E-state index in [9.17, 15) is 9.90 Å². The largest absolute Gasteiger partial charge is 0.393 e. The van der Waals surface area contributed by atoms with Crippen LogP contribution in [-0.4, -0.2) is 46.4 Å². The van der Waals surface area contributed by atoms with E-state index in [1.165, 1.54) is 0 Å². The van der Waals surface area contributed by atoms with Crippen molar-refractivity contribution in [2.75, 3.05) is 13.1 Å². The van der Waals surface area contributed by atoms with Crippen LogP contribution in [0.3, 0.4) is 0 Å². The van der Waals surface area contributed by atoms with Gasteiger partial charge in [-0.1, -0.05) is 0 Å². The molecule has 122 valence electrons. The Kier molecular flexibility index (Phi) is 5.10. The highest BCUT2D eigenvalue weighted by Crippen LogP contribution is 2.35. The van der Waals surface area contributed by atoms with Gasteiger partial charge in [0.15, 0.2) is 0 Å². The summed E-state index contributed by atoms with van der Waals surface area (Å²) in [6.07, 6.45) is 8.52. The van der Waals surface area contributed by atoms with Crippen LogP contribution in [0.5, 0.6) is 0 Å². The third-order valence-corrected chi connectivity index (χ3v) is 5.07. The second-order valence-corrected chi connectivity index (χ2v) is 6.67. The summed E-state index contributed by atoms with van der Waals surface area (Å²) in [5.74, 6) is 1.10. The van der Waals surface area contributed by atoms with Gasteiger partial charge in [0, 0.05) is 18.7 Å². The molecule has 0 bridgehead atoms. The SMILES string of the molecule is O=C(CCc1cn[nH]c1)N[C@H](C1CCNCC1)C1CC(O)C1. The van der Waals surface area contributed by atoms with Crippen molar-refractivity contribution in [3.05, 3.63) is 18.0 Å². The van der Waals surface area contributed by atoms with Crippen molar-refractivity contribution in [3.8, 4) is 0 Å². The zero-order chi connectivity index (χ0) is 15.4. The maximum atomic E-state index is 12.3. The lowest BCUT2D eigenvalue weighted by Gasteiger charge is -2.43. The number of hydrogen-bond donors (Lipinski definition) is 4. The van der Waals surface area contributed by atoms with E-state index < -0.39 is 0 Å². The van der Waals surface area contributed by atoms with Crippen LogP contribution in [0.1, 0.15) is 37.7 Å². The minimum Gasteiger partial charge on any atom is -0.393 e. The molecule has 1 amide bonds. The maximum absolute atomic E-state index is 12.3. The highest BCUT2D eigenvalue weighted by Gasteiger charge is 2.38. The number of carbonyl (C=O) groups excluding carboxylic acids is 1. The number of aliphatic hydroxyl groups is 1. The molecule has 1 aromatic heterocycles. The molecule has 4 N–H and O–H groups in total. The molecule has 22 heavy (non-hydrogen) atoms. The Morgan fingerprint density at radius 3 is 2.77 bits per heavy atom. The summed E-state index contributed by atoms with van der Waals surface area (Å²) in [6.45, 7) is 2.06. The van der Waals surface area contributed by atoms with Crippen LogP contribution < -0.4 is 10.6 Å². The molecule has 1 aliphatic heterocycles. The number of H-pyrrole nitrogens is 1. The van der Waals surface area contributed by atoms with Crippen molar-refractivity contribution in [2.24, 2.45) is 11.8 Å². The molecule has 1 atom stereocenters. The number of carbonyl (C=O) groups is 1. The van der Waals surface area contributed by atoms with Crippen molar-refractivity contribution >= 4 is 5.91 Å². The summed E-state index contributed by atoms with van der Waals surface area (Å²) in [5.41, 5.74) is 1.06. The number of rotatable bonds is 6. The van der Waals surface area contributed by atoms with E-state index >= 15 is 0 Å². The maximum Gasteiger partial charge on any atom is 0.220 e. The number of aromatic nitrogens is 2. The highest BCUT2D eigenvalue weighted by atomic mass is 16.3. The van der Waals surface area contributed by atoms with Gasteiger partial charge in [-0.05, 0) is 62.6 Å². The van der Waals surface area contributed by atoms with Gasteiger partial charge in [0.1, 0.15) is 0 Å². The van der Waals surface area contributed by atoms with E-state index in [0.29, 0.717) is 24.7 Å². The number of hydrogen-bond acceptors (Lipinski definition) is 4. The number of aryl methyl sites for hydroxylation is 1. The quantitative estimate of drug-likeness (QED) is 0.619. The van der Waals surface area contributed by atoms with Crippen LogP contribution >= 0.6 is 0 Å². The fourth-order valence-corrected chi connectivity index (χ4v) is 3.68. The zero-order valence-electron chi connectivity index (χ0n) is 12.9. The van der Waals surface area contributed by atoms with E-state index in [1.54, 1.807) is 6.20 Å². The Bertz CT molecular complexity index is 465. The van der Waals surface area contributed by atoms with Gasteiger partial charge < -0.3 is 15.7 Å². The van der Waals surface area contributed by atoms with Crippen molar-refractivity contribution in [2.45, 2.75) is 50.7 Å². The molecule has 6 nitrogen and oxygen atoms in total. The van der Waals surface area contributed by atoms with Gasteiger partial charge in [-0.25, -0.2) is 0 Å². The minimum atomic E-state index is -0.169. The van der Waals surface area contributed by atoms with Crippen LogP contribution in [-0.2, 0) is 11.2 Å². The Morgan fingerprint density at radius 1 is 1.36 bits per heavy atom. The first-order valence-electron chi connectivity index (χ1n) is 8.38. The van der Waals surface area contributed by atoms with Crippen LogP contribution in [0.25, 0.3) is 0 Å². The lowest BCUT2D eigenvalue weighted by molar-refractivity contribution is -0.123. The molecule has 2 fully saturated rings. The summed E-state index contributed by atoms with van der Waals surface area (Å²) in [7, 11) is 0. The minimum absolute atomic E-state index is 0.117. The highest BCUT2D eigenvalue weighted by molar-refractivity contribution is 5.76. The first kappa shape index (κ1) is 15.5. The van der Waals surface area contributed by atoms with Gasteiger partial charge >= 0.3 is 0 Å². The van der Waals surface area contributed by atoms with Gasteiger partial charge in [-0.3, -0.25) is 9.89 Å². The number of amides is 1. The average Bonchev–Trinajstić information content (AvgIpc) is 3.02. The topological polar surface area (TPSA) is 90.0 Å². The second kappa shape index (κ2) is 7.24. The third kappa shape index (κ3) is 3.87. The Labute approximate surface area is 131 Å². The van der Waals surface area contributed by atoms with E-state index in [0.717, 1.165) is 44.3 Å². The second-order valence-electron chi connectivity index (χ2n) is 6.67.